The van der Waals surface area contributed by atoms with Crippen LogP contribution in [-0.2, 0) is 9.53 Å². The molecule has 4 nitrogen and oxygen atoms in total. The van der Waals surface area contributed by atoms with Crippen LogP contribution in [0.1, 0.15) is 38.3 Å². The lowest BCUT2D eigenvalue weighted by Crippen LogP contribution is -2.43. The molecule has 3 fully saturated rings. The van der Waals surface area contributed by atoms with Crippen LogP contribution in [0.15, 0.2) is 30.3 Å². The van der Waals surface area contributed by atoms with E-state index in [1.807, 2.05) is 35.2 Å². The van der Waals surface area contributed by atoms with Crippen LogP contribution in [-0.4, -0.2) is 40.8 Å². The van der Waals surface area contributed by atoms with E-state index in [-0.39, 0.29) is 41.6 Å². The summed E-state index contributed by atoms with van der Waals surface area (Å²) >= 11 is 0. The van der Waals surface area contributed by atoms with E-state index in [1.54, 1.807) is 0 Å². The Balaban J connectivity index is 1.69. The van der Waals surface area contributed by atoms with E-state index in [2.05, 4.69) is 13.8 Å². The van der Waals surface area contributed by atoms with Crippen molar-refractivity contribution in [3.8, 4) is 0 Å². The van der Waals surface area contributed by atoms with E-state index in [4.69, 9.17) is 4.74 Å². The van der Waals surface area contributed by atoms with Gasteiger partial charge in [0.1, 0.15) is 0 Å². The average Bonchev–Trinajstić information content (AvgIpc) is 3.11. The molecule has 0 aliphatic carbocycles. The van der Waals surface area contributed by atoms with Crippen molar-refractivity contribution in [1.82, 2.24) is 4.90 Å². The highest BCUT2D eigenvalue weighted by Gasteiger charge is 2.70. The quantitative estimate of drug-likeness (QED) is 0.930. The number of amides is 1. The van der Waals surface area contributed by atoms with Crippen molar-refractivity contribution in [2.45, 2.75) is 44.4 Å². The number of nitrogens with zero attached hydrogens (tertiary/aromatic N) is 1. The molecule has 1 spiro atoms. The summed E-state index contributed by atoms with van der Waals surface area (Å²) in [7, 11) is 0. The van der Waals surface area contributed by atoms with Crippen molar-refractivity contribution in [2.24, 2.45) is 11.3 Å². The van der Waals surface area contributed by atoms with Gasteiger partial charge in [-0.2, -0.15) is 0 Å². The van der Waals surface area contributed by atoms with Crippen LogP contribution >= 0.6 is 0 Å². The number of ether oxygens (including phenoxy) is 1. The minimum atomic E-state index is -0.326. The molecule has 0 unspecified atom stereocenters. The summed E-state index contributed by atoms with van der Waals surface area (Å²) in [4.78, 5) is 14.9. The minimum Gasteiger partial charge on any atom is -0.394 e. The number of likely N-dealkylation sites (tertiary alicyclic amines) is 1. The van der Waals surface area contributed by atoms with Crippen molar-refractivity contribution < 1.29 is 14.6 Å². The lowest BCUT2D eigenvalue weighted by atomic mass is 9.65. The molecule has 4 rings (SSSR count). The number of aliphatic hydroxyl groups excluding tert-OH is 1. The first kappa shape index (κ1) is 14.2. The highest BCUT2D eigenvalue weighted by atomic mass is 16.5. The first-order valence-corrected chi connectivity index (χ1v) is 8.14. The average molecular weight is 301 g/mol. The van der Waals surface area contributed by atoms with Gasteiger partial charge < -0.3 is 14.7 Å². The second kappa shape index (κ2) is 4.56. The number of benzene rings is 1. The minimum absolute atomic E-state index is 0.0532. The van der Waals surface area contributed by atoms with Gasteiger partial charge in [0.2, 0.25) is 5.91 Å². The maximum Gasteiger partial charge on any atom is 0.230 e. The predicted molar refractivity (Wildman–Crippen MR) is 82.1 cm³/mol. The Bertz CT molecular complexity index is 600. The van der Waals surface area contributed by atoms with Crippen molar-refractivity contribution in [2.75, 3.05) is 13.2 Å². The Kier molecular flexibility index (Phi) is 2.94. The Morgan fingerprint density at radius 1 is 1.36 bits per heavy atom. The third kappa shape index (κ3) is 1.68. The molecular weight excluding hydrogens is 278 g/mol. The number of carbonyl (C=O) groups is 1. The second-order valence-electron chi connectivity index (χ2n) is 7.54. The van der Waals surface area contributed by atoms with Crippen LogP contribution in [0, 0.1) is 11.3 Å². The zero-order valence-corrected chi connectivity index (χ0v) is 13.2. The van der Waals surface area contributed by atoms with Gasteiger partial charge in [0.05, 0.1) is 36.8 Å². The van der Waals surface area contributed by atoms with Gasteiger partial charge in [0.15, 0.2) is 0 Å². The number of hydrogen-bond donors (Lipinski definition) is 1. The predicted octanol–water partition coefficient (Wildman–Crippen LogP) is 2.14. The van der Waals surface area contributed by atoms with Gasteiger partial charge in [-0.1, -0.05) is 44.2 Å². The number of fused-ring (bicyclic) bond motifs is 1. The Morgan fingerprint density at radius 3 is 2.73 bits per heavy atom. The van der Waals surface area contributed by atoms with Gasteiger partial charge in [-0.05, 0) is 18.4 Å². The van der Waals surface area contributed by atoms with E-state index in [0.29, 0.717) is 6.54 Å². The van der Waals surface area contributed by atoms with Crippen LogP contribution in [0.25, 0.3) is 0 Å². The van der Waals surface area contributed by atoms with Crippen LogP contribution < -0.4 is 0 Å². The van der Waals surface area contributed by atoms with Crippen molar-refractivity contribution in [3.63, 3.8) is 0 Å². The lowest BCUT2D eigenvalue weighted by molar-refractivity contribution is -0.137. The molecule has 3 saturated heterocycles. The third-order valence-electron chi connectivity index (χ3n) is 6.01. The van der Waals surface area contributed by atoms with Crippen molar-refractivity contribution in [3.05, 3.63) is 35.9 Å². The van der Waals surface area contributed by atoms with E-state index >= 15 is 0 Å². The Hall–Kier alpha value is -1.39. The molecule has 22 heavy (non-hydrogen) atoms. The van der Waals surface area contributed by atoms with Crippen LogP contribution in [0.2, 0.25) is 0 Å². The first-order valence-electron chi connectivity index (χ1n) is 8.14. The highest BCUT2D eigenvalue weighted by molar-refractivity contribution is 5.85. The molecule has 4 atom stereocenters. The SMILES string of the molecule is CC1(C)[C@@H]2CC[C@@]3(CN([C@@H](CO)c4ccccc4)C(=O)[C@@H]13)O2. The van der Waals surface area contributed by atoms with Crippen LogP contribution in [0.4, 0.5) is 0 Å². The van der Waals surface area contributed by atoms with Crippen LogP contribution in [0.5, 0.6) is 0 Å². The van der Waals surface area contributed by atoms with Gasteiger partial charge in [0.25, 0.3) is 0 Å². The molecule has 3 aliphatic rings. The molecule has 1 aromatic rings. The molecule has 2 bridgehead atoms. The van der Waals surface area contributed by atoms with E-state index in [0.717, 1.165) is 18.4 Å². The summed E-state index contributed by atoms with van der Waals surface area (Å²) in [6.45, 7) is 4.86. The van der Waals surface area contributed by atoms with E-state index < -0.39 is 0 Å². The fourth-order valence-corrected chi connectivity index (χ4v) is 4.98. The summed E-state index contributed by atoms with van der Waals surface area (Å²) in [5, 5.41) is 9.88. The topological polar surface area (TPSA) is 49.8 Å². The van der Waals surface area contributed by atoms with E-state index in [1.165, 1.54) is 0 Å². The summed E-state index contributed by atoms with van der Waals surface area (Å²) < 4.78 is 6.29. The molecule has 4 heteroatoms. The normalized spacial score (nSPS) is 36.7. The second-order valence-corrected chi connectivity index (χ2v) is 7.54. The summed E-state index contributed by atoms with van der Waals surface area (Å²) in [5.41, 5.74) is 0.552. The molecule has 0 radical (unpaired) electrons. The number of rotatable bonds is 3. The number of carbonyl (C=O) groups excluding carboxylic acids is 1. The molecule has 3 aliphatic heterocycles. The highest BCUT2D eigenvalue weighted by Crippen LogP contribution is 2.61. The zero-order valence-electron chi connectivity index (χ0n) is 13.2. The van der Waals surface area contributed by atoms with Gasteiger partial charge in [-0.25, -0.2) is 0 Å². The molecule has 118 valence electrons. The summed E-state index contributed by atoms with van der Waals surface area (Å²) in [6.07, 6.45) is 2.20. The zero-order chi connectivity index (χ0) is 15.5. The van der Waals surface area contributed by atoms with E-state index in [9.17, 15) is 9.90 Å². The molecule has 1 amide bonds. The third-order valence-corrected chi connectivity index (χ3v) is 6.01. The number of hydrogen-bond acceptors (Lipinski definition) is 3. The molecule has 3 heterocycles. The monoisotopic (exact) mass is 301 g/mol. The Labute approximate surface area is 131 Å². The maximum absolute atomic E-state index is 13.1. The largest absolute Gasteiger partial charge is 0.394 e. The molecular formula is C18H23NO3. The van der Waals surface area contributed by atoms with Gasteiger partial charge in [0, 0.05) is 5.41 Å². The standard InChI is InChI=1S/C18H23NO3/c1-17(2)14-8-9-18(22-14)11-19(16(21)15(17)18)13(10-20)12-6-4-3-5-7-12/h3-7,13-15,20H,8-11H2,1-2H3/t13-,14-,15-,18-/m0/s1. The van der Waals surface area contributed by atoms with Crippen molar-refractivity contribution in [1.29, 1.82) is 0 Å². The summed E-state index contributed by atoms with van der Waals surface area (Å²) in [6, 6.07) is 9.53. The Morgan fingerprint density at radius 2 is 2.09 bits per heavy atom. The van der Waals surface area contributed by atoms with Crippen LogP contribution in [0.3, 0.4) is 0 Å². The molecule has 0 saturated carbocycles. The maximum atomic E-state index is 13.1. The fourth-order valence-electron chi connectivity index (χ4n) is 4.98. The molecule has 1 N–H and O–H groups in total. The smallest absolute Gasteiger partial charge is 0.230 e. The lowest BCUT2D eigenvalue weighted by Gasteiger charge is -2.34. The van der Waals surface area contributed by atoms with Gasteiger partial charge in [-0.3, -0.25) is 4.79 Å². The summed E-state index contributed by atoms with van der Waals surface area (Å²) in [5.74, 6) is 0.0756. The van der Waals surface area contributed by atoms with Gasteiger partial charge in [-0.15, -0.1) is 0 Å². The first-order chi connectivity index (χ1) is 10.5. The fraction of sp³-hybridized carbons (Fsp3) is 0.611. The molecule has 1 aromatic carbocycles. The van der Waals surface area contributed by atoms with Gasteiger partial charge >= 0.3 is 0 Å². The molecule has 0 aromatic heterocycles. The number of aliphatic hydroxyl groups is 1. The van der Waals surface area contributed by atoms with Crippen molar-refractivity contribution >= 4 is 5.91 Å².